The molecule has 194 valence electrons. The number of benzene rings is 3. The molecule has 3 aromatic rings. The van der Waals surface area contributed by atoms with E-state index in [-0.39, 0.29) is 5.97 Å². The van der Waals surface area contributed by atoms with E-state index in [0.29, 0.717) is 18.3 Å². The molecular formula is C35H42O2. The Morgan fingerprint density at radius 2 is 1.46 bits per heavy atom. The van der Waals surface area contributed by atoms with Crippen molar-refractivity contribution in [1.29, 1.82) is 0 Å². The van der Waals surface area contributed by atoms with Crippen LogP contribution in [0.15, 0.2) is 84.9 Å². The van der Waals surface area contributed by atoms with Crippen LogP contribution < -0.4 is 0 Å². The molecule has 3 aromatic carbocycles. The zero-order valence-electron chi connectivity index (χ0n) is 23.2. The summed E-state index contributed by atoms with van der Waals surface area (Å²) in [6, 6.07) is 29.9. The van der Waals surface area contributed by atoms with E-state index >= 15 is 0 Å². The van der Waals surface area contributed by atoms with Gasteiger partial charge in [-0.05, 0) is 73.8 Å². The van der Waals surface area contributed by atoms with Crippen molar-refractivity contribution >= 4 is 5.97 Å². The van der Waals surface area contributed by atoms with Gasteiger partial charge < -0.3 is 4.74 Å². The minimum atomic E-state index is -0.687. The number of terminal acetylenes is 1. The highest BCUT2D eigenvalue weighted by Crippen LogP contribution is 2.49. The van der Waals surface area contributed by atoms with Gasteiger partial charge in [0.25, 0.3) is 0 Å². The van der Waals surface area contributed by atoms with Crippen molar-refractivity contribution in [3.05, 3.63) is 107 Å². The molecule has 2 nitrogen and oxygen atoms in total. The van der Waals surface area contributed by atoms with Crippen LogP contribution in [0, 0.1) is 23.7 Å². The van der Waals surface area contributed by atoms with E-state index in [0.717, 1.165) is 24.8 Å². The Morgan fingerprint density at radius 3 is 2.00 bits per heavy atom. The highest BCUT2D eigenvalue weighted by atomic mass is 16.5. The van der Waals surface area contributed by atoms with E-state index in [1.54, 1.807) is 0 Å². The third kappa shape index (κ3) is 6.92. The normalized spacial score (nSPS) is 14.7. The van der Waals surface area contributed by atoms with Crippen LogP contribution in [0.5, 0.6) is 0 Å². The number of hydrogen-bond donors (Lipinski definition) is 0. The highest BCUT2D eigenvalue weighted by Gasteiger charge is 2.44. The quantitative estimate of drug-likeness (QED) is 0.186. The molecule has 2 heteroatoms. The Bertz CT molecular complexity index is 1160. The van der Waals surface area contributed by atoms with E-state index < -0.39 is 10.8 Å². The molecule has 0 bridgehead atoms. The Morgan fingerprint density at radius 1 is 0.892 bits per heavy atom. The zero-order valence-corrected chi connectivity index (χ0v) is 23.2. The SMILES string of the molecule is C#Cc1ccc(C(CC(CCC(C)CC)c2ccccc2)(CC(C)(C)C(=O)OC)c2ccccc2)cc1. The zero-order chi connectivity index (χ0) is 26.9. The summed E-state index contributed by atoms with van der Waals surface area (Å²) >= 11 is 0. The fourth-order valence-corrected chi connectivity index (χ4v) is 5.65. The molecule has 0 aliphatic heterocycles. The molecule has 3 unspecified atom stereocenters. The third-order valence-corrected chi connectivity index (χ3v) is 7.98. The predicted octanol–water partition coefficient (Wildman–Crippen LogP) is 8.54. The van der Waals surface area contributed by atoms with Gasteiger partial charge in [0.05, 0.1) is 12.5 Å². The van der Waals surface area contributed by atoms with Gasteiger partial charge in [-0.1, -0.05) is 105 Å². The minimum Gasteiger partial charge on any atom is -0.469 e. The van der Waals surface area contributed by atoms with Crippen molar-refractivity contribution in [3.8, 4) is 12.3 Å². The predicted molar refractivity (Wildman–Crippen MR) is 155 cm³/mol. The average molecular weight is 495 g/mol. The topological polar surface area (TPSA) is 26.3 Å². The Labute approximate surface area is 224 Å². The summed E-state index contributed by atoms with van der Waals surface area (Å²) in [6.07, 6.45) is 10.6. The molecule has 0 saturated carbocycles. The van der Waals surface area contributed by atoms with Crippen molar-refractivity contribution in [3.63, 3.8) is 0 Å². The largest absolute Gasteiger partial charge is 0.469 e. The molecule has 0 amide bonds. The first-order chi connectivity index (χ1) is 17.8. The number of methoxy groups -OCH3 is 1. The summed E-state index contributed by atoms with van der Waals surface area (Å²) in [5.74, 6) is 3.56. The van der Waals surface area contributed by atoms with Gasteiger partial charge in [-0.15, -0.1) is 6.42 Å². The van der Waals surface area contributed by atoms with Crippen LogP contribution in [0.2, 0.25) is 0 Å². The van der Waals surface area contributed by atoms with Gasteiger partial charge in [0, 0.05) is 11.0 Å². The maximum Gasteiger partial charge on any atom is 0.311 e. The number of carbonyl (C=O) groups is 1. The molecule has 0 aliphatic rings. The molecule has 0 aliphatic carbocycles. The van der Waals surface area contributed by atoms with Gasteiger partial charge in [-0.25, -0.2) is 0 Å². The summed E-state index contributed by atoms with van der Waals surface area (Å²) in [5.41, 5.74) is 3.50. The summed E-state index contributed by atoms with van der Waals surface area (Å²) in [5, 5.41) is 0. The van der Waals surface area contributed by atoms with Gasteiger partial charge >= 0.3 is 5.97 Å². The van der Waals surface area contributed by atoms with E-state index in [1.165, 1.54) is 30.2 Å². The molecule has 0 radical (unpaired) electrons. The summed E-state index contributed by atoms with van der Waals surface area (Å²) < 4.78 is 5.29. The smallest absolute Gasteiger partial charge is 0.311 e. The number of hydrogen-bond acceptors (Lipinski definition) is 2. The second-order valence-electron chi connectivity index (χ2n) is 11.1. The van der Waals surface area contributed by atoms with Crippen LogP contribution in [0.1, 0.15) is 88.0 Å². The Hall–Kier alpha value is -3.31. The fraction of sp³-hybridized carbons (Fsp3) is 0.400. The second-order valence-corrected chi connectivity index (χ2v) is 11.1. The lowest BCUT2D eigenvalue weighted by atomic mass is 9.60. The van der Waals surface area contributed by atoms with Crippen LogP contribution in [-0.2, 0) is 14.9 Å². The second kappa shape index (κ2) is 12.8. The van der Waals surface area contributed by atoms with Crippen LogP contribution in [0.3, 0.4) is 0 Å². The number of ether oxygens (including phenoxy) is 1. The molecule has 0 spiro atoms. The lowest BCUT2D eigenvalue weighted by molar-refractivity contribution is -0.151. The van der Waals surface area contributed by atoms with Gasteiger partial charge in [-0.2, -0.15) is 0 Å². The maximum absolute atomic E-state index is 13.0. The lowest BCUT2D eigenvalue weighted by Gasteiger charge is -2.43. The molecule has 37 heavy (non-hydrogen) atoms. The third-order valence-electron chi connectivity index (χ3n) is 7.98. The fourth-order valence-electron chi connectivity index (χ4n) is 5.65. The van der Waals surface area contributed by atoms with Crippen molar-refractivity contribution in [1.82, 2.24) is 0 Å². The first kappa shape index (κ1) is 28.3. The molecule has 0 saturated heterocycles. The summed E-state index contributed by atoms with van der Waals surface area (Å²) in [4.78, 5) is 13.0. The standard InChI is InChI=1S/C35H42O2/c1-7-27(3)19-22-30(29-15-11-9-12-16-29)25-35(31-17-13-10-14-18-31,26-34(4,5)33(36)37-6)32-23-20-28(8-2)21-24-32/h2,9-18,20-21,23-24,27,30H,7,19,22,25-26H2,1,3-6H3. The summed E-state index contributed by atoms with van der Waals surface area (Å²) in [7, 11) is 1.48. The molecule has 3 rings (SSSR count). The van der Waals surface area contributed by atoms with Crippen molar-refractivity contribution in [2.75, 3.05) is 7.11 Å². The van der Waals surface area contributed by atoms with Crippen LogP contribution in [-0.4, -0.2) is 13.1 Å². The first-order valence-electron chi connectivity index (χ1n) is 13.5. The number of esters is 1. The van der Waals surface area contributed by atoms with E-state index in [2.05, 4.69) is 92.6 Å². The first-order valence-corrected chi connectivity index (χ1v) is 13.5. The molecule has 0 aromatic heterocycles. The van der Waals surface area contributed by atoms with Gasteiger partial charge in [-0.3, -0.25) is 4.79 Å². The molecule has 3 atom stereocenters. The van der Waals surface area contributed by atoms with Crippen molar-refractivity contribution < 1.29 is 9.53 Å². The minimum absolute atomic E-state index is 0.191. The molecule has 0 fully saturated rings. The van der Waals surface area contributed by atoms with Crippen molar-refractivity contribution in [2.45, 2.75) is 71.1 Å². The number of rotatable bonds is 12. The van der Waals surface area contributed by atoms with E-state index in [4.69, 9.17) is 11.2 Å². The van der Waals surface area contributed by atoms with Gasteiger partial charge in [0.1, 0.15) is 0 Å². The Kier molecular flexibility index (Phi) is 9.76. The monoisotopic (exact) mass is 494 g/mol. The van der Waals surface area contributed by atoms with Gasteiger partial charge in [0.15, 0.2) is 0 Å². The van der Waals surface area contributed by atoms with Crippen LogP contribution in [0.4, 0.5) is 0 Å². The van der Waals surface area contributed by atoms with Crippen LogP contribution >= 0.6 is 0 Å². The van der Waals surface area contributed by atoms with E-state index in [1.807, 2.05) is 26.0 Å². The molecule has 0 N–H and O–H groups in total. The van der Waals surface area contributed by atoms with Crippen molar-refractivity contribution in [2.24, 2.45) is 11.3 Å². The van der Waals surface area contributed by atoms with Gasteiger partial charge in [0.2, 0.25) is 0 Å². The molecule has 0 heterocycles. The summed E-state index contributed by atoms with van der Waals surface area (Å²) in [6.45, 7) is 8.61. The average Bonchev–Trinajstić information content (AvgIpc) is 2.94. The molecular weight excluding hydrogens is 452 g/mol. The number of carbonyl (C=O) groups excluding carboxylic acids is 1. The Balaban J connectivity index is 2.23. The van der Waals surface area contributed by atoms with Crippen LogP contribution in [0.25, 0.3) is 0 Å². The highest BCUT2D eigenvalue weighted by molar-refractivity contribution is 5.76. The lowest BCUT2D eigenvalue weighted by Crippen LogP contribution is -2.39. The van der Waals surface area contributed by atoms with E-state index in [9.17, 15) is 4.79 Å². The maximum atomic E-state index is 13.0.